The summed E-state index contributed by atoms with van der Waals surface area (Å²) in [6.07, 6.45) is 0. The third-order valence-electron chi connectivity index (χ3n) is 9.87. The number of fused-ring (bicyclic) bond motifs is 8. The van der Waals surface area contributed by atoms with E-state index in [1.807, 2.05) is 6.07 Å². The third-order valence-corrected chi connectivity index (χ3v) is 9.87. The van der Waals surface area contributed by atoms with E-state index < -0.39 is 0 Å². The Morgan fingerprint density at radius 1 is 0.277 bits per heavy atom. The number of furan rings is 1. The molecule has 10 rings (SSSR count). The van der Waals surface area contributed by atoms with Gasteiger partial charge in [-0.25, -0.2) is 0 Å². The van der Waals surface area contributed by atoms with Crippen molar-refractivity contribution in [1.29, 1.82) is 0 Å². The molecule has 0 radical (unpaired) electrons. The Hall–Kier alpha value is -6.18. The molecule has 47 heavy (non-hydrogen) atoms. The minimum atomic E-state index is 0.923. The molecule has 1 nitrogen and oxygen atoms in total. The van der Waals surface area contributed by atoms with Crippen molar-refractivity contribution in [2.24, 2.45) is 0 Å². The molecule has 0 saturated carbocycles. The van der Waals surface area contributed by atoms with E-state index in [4.69, 9.17) is 4.42 Å². The summed E-state index contributed by atoms with van der Waals surface area (Å²) >= 11 is 0. The molecule has 0 aliphatic carbocycles. The van der Waals surface area contributed by atoms with Crippen LogP contribution in [0, 0.1) is 0 Å². The van der Waals surface area contributed by atoms with E-state index in [0.29, 0.717) is 0 Å². The van der Waals surface area contributed by atoms with Crippen LogP contribution in [0.25, 0.3) is 98.4 Å². The molecule has 0 aliphatic heterocycles. The first-order chi connectivity index (χ1) is 23.3. The van der Waals surface area contributed by atoms with Crippen molar-refractivity contribution in [3.05, 3.63) is 170 Å². The SMILES string of the molecule is c1ccc2c(-c3ccc(-c4c5ccccc5c(-c5cccc6c5ccc5oc7ccccc7c56)c5ccccc45)cc3)cccc2c1. The van der Waals surface area contributed by atoms with Gasteiger partial charge in [0.05, 0.1) is 0 Å². The molecule has 218 valence electrons. The molecule has 1 heteroatoms. The first-order valence-electron chi connectivity index (χ1n) is 16.2. The zero-order valence-electron chi connectivity index (χ0n) is 25.6. The van der Waals surface area contributed by atoms with Crippen LogP contribution < -0.4 is 0 Å². The standard InChI is InChI=1S/C46H28O/c1-2-13-32-29(11-1)12-9-19-33(32)30-23-25-31(26-24-30)44-37-14-3-5-16-39(37)45(40-17-6-4-15-38(40)44)35-20-10-21-36-34(35)27-28-43-46(36)41-18-7-8-22-42(41)47-43/h1-28H. The minimum Gasteiger partial charge on any atom is -0.456 e. The molecular formula is C46H28O. The number of rotatable bonds is 3. The van der Waals surface area contributed by atoms with Gasteiger partial charge in [-0.1, -0.05) is 158 Å². The quantitative estimate of drug-likeness (QED) is 0.185. The lowest BCUT2D eigenvalue weighted by atomic mass is 9.84. The zero-order chi connectivity index (χ0) is 30.9. The Morgan fingerprint density at radius 3 is 1.55 bits per heavy atom. The van der Waals surface area contributed by atoms with Crippen LogP contribution in [0.2, 0.25) is 0 Å². The Bertz CT molecular complexity index is 2770. The van der Waals surface area contributed by atoms with Crippen molar-refractivity contribution in [1.82, 2.24) is 0 Å². The molecule has 0 aliphatic rings. The van der Waals surface area contributed by atoms with Crippen molar-refractivity contribution in [2.45, 2.75) is 0 Å². The van der Waals surface area contributed by atoms with E-state index in [1.165, 1.54) is 81.9 Å². The van der Waals surface area contributed by atoms with Crippen molar-refractivity contribution in [2.75, 3.05) is 0 Å². The van der Waals surface area contributed by atoms with Crippen LogP contribution in [-0.4, -0.2) is 0 Å². The van der Waals surface area contributed by atoms with Crippen LogP contribution >= 0.6 is 0 Å². The maximum Gasteiger partial charge on any atom is 0.136 e. The highest BCUT2D eigenvalue weighted by molar-refractivity contribution is 6.26. The lowest BCUT2D eigenvalue weighted by molar-refractivity contribution is 0.669. The van der Waals surface area contributed by atoms with Crippen LogP contribution in [0.3, 0.4) is 0 Å². The predicted octanol–water partition coefficient (Wildman–Crippen LogP) is 13.2. The summed E-state index contributed by atoms with van der Waals surface area (Å²) < 4.78 is 6.27. The first kappa shape index (κ1) is 26.1. The Kier molecular flexibility index (Phi) is 5.64. The number of para-hydroxylation sites is 1. The van der Waals surface area contributed by atoms with Gasteiger partial charge in [0.15, 0.2) is 0 Å². The second-order valence-corrected chi connectivity index (χ2v) is 12.4. The molecule has 0 saturated heterocycles. The van der Waals surface area contributed by atoms with E-state index >= 15 is 0 Å². The first-order valence-corrected chi connectivity index (χ1v) is 16.2. The van der Waals surface area contributed by atoms with Crippen LogP contribution in [0.1, 0.15) is 0 Å². The molecule has 0 spiro atoms. The summed E-state index contributed by atoms with van der Waals surface area (Å²) in [4.78, 5) is 0. The number of hydrogen-bond donors (Lipinski definition) is 0. The average Bonchev–Trinajstić information content (AvgIpc) is 3.53. The molecule has 0 bridgehead atoms. The minimum absolute atomic E-state index is 0.923. The van der Waals surface area contributed by atoms with Gasteiger partial charge in [0.25, 0.3) is 0 Å². The fourth-order valence-corrected chi connectivity index (χ4v) is 7.82. The zero-order valence-corrected chi connectivity index (χ0v) is 25.6. The van der Waals surface area contributed by atoms with E-state index in [0.717, 1.165) is 16.6 Å². The van der Waals surface area contributed by atoms with E-state index in [-0.39, 0.29) is 0 Å². The van der Waals surface area contributed by atoms with E-state index in [9.17, 15) is 0 Å². The summed E-state index contributed by atoms with van der Waals surface area (Å²) in [5, 5.41) is 12.3. The fraction of sp³-hybridized carbons (Fsp3) is 0. The van der Waals surface area contributed by atoms with Crippen molar-refractivity contribution in [3.63, 3.8) is 0 Å². The Labute approximate surface area is 271 Å². The highest BCUT2D eigenvalue weighted by Gasteiger charge is 2.19. The van der Waals surface area contributed by atoms with Crippen LogP contribution in [0.5, 0.6) is 0 Å². The summed E-state index contributed by atoms with van der Waals surface area (Å²) in [6.45, 7) is 0. The third kappa shape index (κ3) is 3.90. The monoisotopic (exact) mass is 596 g/mol. The summed E-state index contributed by atoms with van der Waals surface area (Å²) in [7, 11) is 0. The summed E-state index contributed by atoms with van der Waals surface area (Å²) in [6, 6.07) is 61.6. The van der Waals surface area contributed by atoms with Gasteiger partial charge < -0.3 is 4.42 Å². The van der Waals surface area contributed by atoms with Gasteiger partial charge >= 0.3 is 0 Å². The van der Waals surface area contributed by atoms with Gasteiger partial charge in [0.2, 0.25) is 0 Å². The van der Waals surface area contributed by atoms with Crippen molar-refractivity contribution < 1.29 is 4.42 Å². The topological polar surface area (TPSA) is 13.1 Å². The van der Waals surface area contributed by atoms with Gasteiger partial charge in [0, 0.05) is 10.8 Å². The lowest BCUT2D eigenvalue weighted by Gasteiger charge is -2.19. The second-order valence-electron chi connectivity index (χ2n) is 12.4. The number of benzene rings is 9. The van der Waals surface area contributed by atoms with Gasteiger partial charge in [-0.15, -0.1) is 0 Å². The molecule has 0 unspecified atom stereocenters. The van der Waals surface area contributed by atoms with Crippen LogP contribution in [0.15, 0.2) is 174 Å². The molecule has 0 atom stereocenters. The van der Waals surface area contributed by atoms with Crippen LogP contribution in [0.4, 0.5) is 0 Å². The normalized spacial score (nSPS) is 11.8. The van der Waals surface area contributed by atoms with E-state index in [2.05, 4.69) is 164 Å². The molecule has 0 amide bonds. The molecule has 1 heterocycles. The smallest absolute Gasteiger partial charge is 0.136 e. The van der Waals surface area contributed by atoms with Crippen molar-refractivity contribution >= 4 is 65.0 Å². The second kappa shape index (κ2) is 10.2. The van der Waals surface area contributed by atoms with Gasteiger partial charge in [-0.3, -0.25) is 0 Å². The van der Waals surface area contributed by atoms with Gasteiger partial charge in [-0.2, -0.15) is 0 Å². The maximum absolute atomic E-state index is 6.27. The molecule has 10 aromatic rings. The largest absolute Gasteiger partial charge is 0.456 e. The highest BCUT2D eigenvalue weighted by atomic mass is 16.3. The average molecular weight is 597 g/mol. The molecule has 1 aromatic heterocycles. The summed E-state index contributed by atoms with van der Waals surface area (Å²) in [5.41, 5.74) is 9.33. The highest BCUT2D eigenvalue weighted by Crippen LogP contribution is 2.46. The van der Waals surface area contributed by atoms with Gasteiger partial charge in [-0.05, 0) is 88.6 Å². The molecule has 9 aromatic carbocycles. The molecule has 0 fully saturated rings. The predicted molar refractivity (Wildman–Crippen MR) is 200 cm³/mol. The lowest BCUT2D eigenvalue weighted by Crippen LogP contribution is -1.92. The maximum atomic E-state index is 6.27. The van der Waals surface area contributed by atoms with Gasteiger partial charge in [0.1, 0.15) is 11.2 Å². The summed E-state index contributed by atoms with van der Waals surface area (Å²) in [5.74, 6) is 0. The van der Waals surface area contributed by atoms with Crippen LogP contribution in [-0.2, 0) is 0 Å². The Morgan fingerprint density at radius 2 is 0.809 bits per heavy atom. The number of hydrogen-bond acceptors (Lipinski definition) is 1. The van der Waals surface area contributed by atoms with Crippen molar-refractivity contribution in [3.8, 4) is 33.4 Å². The Balaban J connectivity index is 1.23. The fourth-order valence-electron chi connectivity index (χ4n) is 7.82. The molecule has 0 N–H and O–H groups in total. The van der Waals surface area contributed by atoms with E-state index in [1.54, 1.807) is 0 Å². The molecular weight excluding hydrogens is 569 g/mol.